The zero-order chi connectivity index (χ0) is 16.5. The molecule has 3 heteroatoms. The molecule has 0 aromatic heterocycles. The van der Waals surface area contributed by atoms with E-state index in [2.05, 4.69) is 12.1 Å². The van der Waals surface area contributed by atoms with E-state index in [0.29, 0.717) is 11.3 Å². The highest BCUT2D eigenvalue weighted by molar-refractivity contribution is 5.91. The molecule has 3 nitrogen and oxygen atoms in total. The largest absolute Gasteiger partial charge is 0.497 e. The fourth-order valence-electron chi connectivity index (χ4n) is 3.16. The van der Waals surface area contributed by atoms with Gasteiger partial charge in [-0.15, -0.1) is 0 Å². The summed E-state index contributed by atoms with van der Waals surface area (Å²) < 4.78 is 11.0. The molecule has 1 aliphatic rings. The minimum absolute atomic E-state index is 0.356. The molecule has 0 saturated heterocycles. The Kier molecular flexibility index (Phi) is 3.54. The predicted molar refractivity (Wildman–Crippen MR) is 92.1 cm³/mol. The highest BCUT2D eigenvalue weighted by Gasteiger charge is 2.31. The molecule has 0 bridgehead atoms. The Morgan fingerprint density at radius 3 is 2.08 bits per heavy atom. The van der Waals surface area contributed by atoms with Crippen LogP contribution >= 0.6 is 0 Å². The third-order valence-electron chi connectivity index (χ3n) is 4.31. The molecular weight excluding hydrogens is 300 g/mol. The molecule has 0 saturated carbocycles. The molecule has 24 heavy (non-hydrogen) atoms. The molecule has 3 aromatic rings. The van der Waals surface area contributed by atoms with Gasteiger partial charge in [-0.2, -0.15) is 0 Å². The fourth-order valence-corrected chi connectivity index (χ4v) is 3.16. The first-order chi connectivity index (χ1) is 11.8. The van der Waals surface area contributed by atoms with Crippen LogP contribution in [0.25, 0.3) is 11.1 Å². The summed E-state index contributed by atoms with van der Waals surface area (Å²) in [6, 6.07) is 23.1. The molecule has 0 N–H and O–H groups in total. The number of carbonyl (C=O) groups excluding carboxylic acids is 1. The maximum Gasteiger partial charge on any atom is 0.339 e. The van der Waals surface area contributed by atoms with Gasteiger partial charge in [0.1, 0.15) is 5.75 Å². The highest BCUT2D eigenvalue weighted by Crippen LogP contribution is 2.45. The molecule has 3 aromatic carbocycles. The van der Waals surface area contributed by atoms with Crippen molar-refractivity contribution in [1.29, 1.82) is 0 Å². The maximum atomic E-state index is 12.6. The number of fused-ring (bicyclic) bond motifs is 3. The lowest BCUT2D eigenvalue weighted by atomic mass is 10.1. The van der Waals surface area contributed by atoms with E-state index in [0.717, 1.165) is 22.3 Å². The Hall–Kier alpha value is -3.07. The summed E-state index contributed by atoms with van der Waals surface area (Å²) in [6.45, 7) is 0. The van der Waals surface area contributed by atoms with Gasteiger partial charge in [-0.3, -0.25) is 0 Å². The molecule has 4 rings (SSSR count). The number of methoxy groups -OCH3 is 1. The van der Waals surface area contributed by atoms with Crippen molar-refractivity contribution in [2.75, 3.05) is 7.11 Å². The van der Waals surface area contributed by atoms with Crippen molar-refractivity contribution in [3.05, 3.63) is 89.5 Å². The molecule has 0 fully saturated rings. The molecule has 0 radical (unpaired) electrons. The van der Waals surface area contributed by atoms with E-state index in [1.165, 1.54) is 0 Å². The van der Waals surface area contributed by atoms with Crippen molar-refractivity contribution in [3.8, 4) is 16.9 Å². The summed E-state index contributed by atoms with van der Waals surface area (Å²) in [5.74, 6) is 0.280. The first-order valence-electron chi connectivity index (χ1n) is 7.81. The first kappa shape index (κ1) is 14.5. The third kappa shape index (κ3) is 2.35. The smallest absolute Gasteiger partial charge is 0.339 e. The standard InChI is InChI=1S/C21H16O3/c1-23-15-8-6-7-14(13-15)21(22)24-20-18-11-4-2-9-16(18)17-10-3-5-12-19(17)20/h2-13,20H,1H3. The normalized spacial score (nSPS) is 12.4. The Morgan fingerprint density at radius 2 is 1.46 bits per heavy atom. The van der Waals surface area contributed by atoms with E-state index < -0.39 is 0 Å². The lowest BCUT2D eigenvalue weighted by Gasteiger charge is -2.15. The van der Waals surface area contributed by atoms with Gasteiger partial charge in [-0.1, -0.05) is 54.6 Å². The zero-order valence-corrected chi connectivity index (χ0v) is 13.2. The summed E-state index contributed by atoms with van der Waals surface area (Å²) in [7, 11) is 1.58. The van der Waals surface area contributed by atoms with Gasteiger partial charge in [0.05, 0.1) is 12.7 Å². The molecule has 0 heterocycles. The lowest BCUT2D eigenvalue weighted by Crippen LogP contribution is -2.11. The van der Waals surface area contributed by atoms with Gasteiger partial charge in [0.2, 0.25) is 0 Å². The highest BCUT2D eigenvalue weighted by atomic mass is 16.5. The van der Waals surface area contributed by atoms with Gasteiger partial charge >= 0.3 is 5.97 Å². The van der Waals surface area contributed by atoms with Crippen LogP contribution in [0.3, 0.4) is 0 Å². The number of hydrogen-bond acceptors (Lipinski definition) is 3. The van der Waals surface area contributed by atoms with Gasteiger partial charge in [-0.25, -0.2) is 4.79 Å². The second kappa shape index (κ2) is 5.85. The minimum Gasteiger partial charge on any atom is -0.497 e. The van der Waals surface area contributed by atoms with E-state index in [1.54, 1.807) is 31.4 Å². The van der Waals surface area contributed by atoms with Gasteiger partial charge in [0.25, 0.3) is 0 Å². The van der Waals surface area contributed by atoms with Crippen molar-refractivity contribution in [1.82, 2.24) is 0 Å². The number of hydrogen-bond donors (Lipinski definition) is 0. The van der Waals surface area contributed by atoms with E-state index >= 15 is 0 Å². The fraction of sp³-hybridized carbons (Fsp3) is 0.0952. The quantitative estimate of drug-likeness (QED) is 0.661. The van der Waals surface area contributed by atoms with Crippen LogP contribution in [-0.2, 0) is 4.74 Å². The van der Waals surface area contributed by atoms with Crippen LogP contribution in [0.5, 0.6) is 5.75 Å². The molecule has 0 spiro atoms. The predicted octanol–water partition coefficient (Wildman–Crippen LogP) is 4.62. The van der Waals surface area contributed by atoms with Gasteiger partial charge in [0.15, 0.2) is 6.10 Å². The van der Waals surface area contributed by atoms with Crippen LogP contribution in [0.15, 0.2) is 72.8 Å². The Morgan fingerprint density at radius 1 is 0.833 bits per heavy atom. The summed E-state index contributed by atoms with van der Waals surface area (Å²) in [4.78, 5) is 12.6. The number of esters is 1. The Balaban J connectivity index is 1.70. The summed E-state index contributed by atoms with van der Waals surface area (Å²) in [5.41, 5.74) is 4.77. The lowest BCUT2D eigenvalue weighted by molar-refractivity contribution is 0.0385. The van der Waals surface area contributed by atoms with Crippen LogP contribution in [0.1, 0.15) is 27.6 Å². The molecule has 0 atom stereocenters. The number of ether oxygens (including phenoxy) is 2. The number of carbonyl (C=O) groups is 1. The number of rotatable bonds is 3. The van der Waals surface area contributed by atoms with Crippen LogP contribution in [-0.4, -0.2) is 13.1 Å². The monoisotopic (exact) mass is 316 g/mol. The summed E-state index contributed by atoms with van der Waals surface area (Å²) in [6.07, 6.45) is -0.379. The van der Waals surface area contributed by atoms with Crippen LogP contribution in [0.4, 0.5) is 0 Å². The van der Waals surface area contributed by atoms with Crippen LogP contribution in [0.2, 0.25) is 0 Å². The summed E-state index contributed by atoms with van der Waals surface area (Å²) in [5, 5.41) is 0. The van der Waals surface area contributed by atoms with Crippen LogP contribution in [0, 0.1) is 0 Å². The van der Waals surface area contributed by atoms with Gasteiger partial charge < -0.3 is 9.47 Å². The van der Waals surface area contributed by atoms with Crippen molar-refractivity contribution in [2.45, 2.75) is 6.10 Å². The van der Waals surface area contributed by atoms with Crippen molar-refractivity contribution < 1.29 is 14.3 Å². The Labute approximate surface area is 140 Å². The second-order valence-electron chi connectivity index (χ2n) is 5.69. The van der Waals surface area contributed by atoms with Crippen molar-refractivity contribution >= 4 is 5.97 Å². The molecule has 0 amide bonds. The van der Waals surface area contributed by atoms with E-state index in [1.807, 2.05) is 36.4 Å². The van der Waals surface area contributed by atoms with Gasteiger partial charge in [-0.05, 0) is 29.3 Å². The second-order valence-corrected chi connectivity index (χ2v) is 5.69. The van der Waals surface area contributed by atoms with E-state index in [9.17, 15) is 4.79 Å². The maximum absolute atomic E-state index is 12.6. The average Bonchev–Trinajstić information content (AvgIpc) is 2.96. The van der Waals surface area contributed by atoms with Crippen molar-refractivity contribution in [2.24, 2.45) is 0 Å². The molecule has 1 aliphatic carbocycles. The van der Waals surface area contributed by atoms with Crippen LogP contribution < -0.4 is 4.74 Å². The average molecular weight is 316 g/mol. The van der Waals surface area contributed by atoms with E-state index in [-0.39, 0.29) is 12.1 Å². The van der Waals surface area contributed by atoms with Crippen molar-refractivity contribution in [3.63, 3.8) is 0 Å². The van der Waals surface area contributed by atoms with E-state index in [4.69, 9.17) is 9.47 Å². The molecule has 0 unspecified atom stereocenters. The SMILES string of the molecule is COc1cccc(C(=O)OC2c3ccccc3-c3ccccc32)c1. The molecule has 118 valence electrons. The Bertz CT molecular complexity index is 869. The number of benzene rings is 3. The molecule has 0 aliphatic heterocycles. The minimum atomic E-state index is -0.379. The first-order valence-corrected chi connectivity index (χ1v) is 7.81. The summed E-state index contributed by atoms with van der Waals surface area (Å²) >= 11 is 0. The third-order valence-corrected chi connectivity index (χ3v) is 4.31. The zero-order valence-electron chi connectivity index (χ0n) is 13.2. The topological polar surface area (TPSA) is 35.5 Å². The van der Waals surface area contributed by atoms with Gasteiger partial charge in [0, 0.05) is 11.1 Å². The molecular formula is C21H16O3.